The normalized spacial score (nSPS) is 10.7. The molecule has 0 aliphatic rings. The van der Waals surface area contributed by atoms with Crippen LogP contribution in [0, 0.1) is 3.57 Å². The van der Waals surface area contributed by atoms with Crippen molar-refractivity contribution in [3.63, 3.8) is 0 Å². The van der Waals surface area contributed by atoms with E-state index < -0.39 is 11.4 Å². The molecule has 2 rings (SSSR count). The van der Waals surface area contributed by atoms with Gasteiger partial charge in [0, 0.05) is 16.8 Å². The van der Waals surface area contributed by atoms with Gasteiger partial charge in [0.2, 0.25) is 0 Å². The number of rotatable bonds is 0. The molecule has 0 saturated carbocycles. The predicted molar refractivity (Wildman–Crippen MR) is 58.2 cm³/mol. The number of halogens is 1. The second kappa shape index (κ2) is 3.19. The third-order valence-corrected chi connectivity index (χ3v) is 2.41. The molecular weight excluding hydrogens is 299 g/mol. The first-order chi connectivity index (χ1) is 6.59. The minimum absolute atomic E-state index is 0.319. The maximum Gasteiger partial charge on any atom is 0.423 e. The van der Waals surface area contributed by atoms with Crippen LogP contribution in [0.1, 0.15) is 0 Å². The highest BCUT2D eigenvalue weighted by Gasteiger charge is 2.07. The van der Waals surface area contributed by atoms with Crippen LogP contribution in [-0.2, 0) is 7.05 Å². The molecule has 0 spiro atoms. The first-order valence-electron chi connectivity index (χ1n) is 3.75. The molecule has 0 aromatic carbocycles. The van der Waals surface area contributed by atoms with Gasteiger partial charge in [-0.15, -0.1) is 0 Å². The molecule has 6 heteroatoms. The molecule has 0 fully saturated rings. The summed E-state index contributed by atoms with van der Waals surface area (Å²) in [6, 6.07) is 1.63. The second-order valence-electron chi connectivity index (χ2n) is 2.74. The lowest BCUT2D eigenvalue weighted by Crippen LogP contribution is -2.23. The summed E-state index contributed by atoms with van der Waals surface area (Å²) in [6.07, 6.45) is 1.59. The molecule has 0 atom stereocenters. The Morgan fingerprint density at radius 1 is 1.50 bits per heavy atom. The van der Waals surface area contributed by atoms with Gasteiger partial charge in [-0.2, -0.15) is 0 Å². The summed E-state index contributed by atoms with van der Waals surface area (Å²) in [4.78, 5) is 26.4. The Bertz CT molecular complexity index is 614. The number of aryl methyl sites for hydroxylation is 1. The number of aromatic nitrogens is 2. The summed E-state index contributed by atoms with van der Waals surface area (Å²) >= 11 is 2.03. The number of hydrogen-bond acceptors (Lipinski definition) is 4. The molecule has 72 valence electrons. The van der Waals surface area contributed by atoms with Crippen molar-refractivity contribution in [2.24, 2.45) is 7.05 Å². The van der Waals surface area contributed by atoms with Gasteiger partial charge in [-0.05, 0) is 28.7 Å². The molecule has 2 aromatic rings. The monoisotopic (exact) mass is 304 g/mol. The van der Waals surface area contributed by atoms with Gasteiger partial charge in [0.25, 0.3) is 0 Å². The third kappa shape index (κ3) is 1.35. The summed E-state index contributed by atoms with van der Waals surface area (Å²) < 4.78 is 6.51. The Morgan fingerprint density at radius 3 is 2.93 bits per heavy atom. The minimum Gasteiger partial charge on any atom is -0.372 e. The average Bonchev–Trinajstić information content (AvgIpc) is 2.14. The van der Waals surface area contributed by atoms with E-state index in [-0.39, 0.29) is 0 Å². The third-order valence-electron chi connectivity index (χ3n) is 1.82. The molecular formula is C8H5IN2O3. The second-order valence-corrected chi connectivity index (χ2v) is 3.98. The van der Waals surface area contributed by atoms with E-state index in [9.17, 15) is 9.59 Å². The maximum absolute atomic E-state index is 11.3. The van der Waals surface area contributed by atoms with Gasteiger partial charge >= 0.3 is 11.4 Å². The number of hydrogen-bond donors (Lipinski definition) is 0. The van der Waals surface area contributed by atoms with Crippen molar-refractivity contribution in [2.75, 3.05) is 0 Å². The number of fused-ring (bicyclic) bond motifs is 1. The lowest BCUT2D eigenvalue weighted by Gasteiger charge is -2.00. The van der Waals surface area contributed by atoms with Crippen molar-refractivity contribution in [1.82, 2.24) is 9.55 Å². The zero-order valence-corrected chi connectivity index (χ0v) is 9.31. The average molecular weight is 304 g/mol. The van der Waals surface area contributed by atoms with E-state index in [2.05, 4.69) is 9.40 Å². The standard InChI is InChI=1S/C8H5IN2O3/c1-11-6-5(2-4(9)3-10-6)7(12)14-8(11)13/h2-3H,1H3. The van der Waals surface area contributed by atoms with Crippen LogP contribution in [0.4, 0.5) is 0 Å². The van der Waals surface area contributed by atoms with Crippen molar-refractivity contribution in [2.45, 2.75) is 0 Å². The molecule has 0 bridgehead atoms. The van der Waals surface area contributed by atoms with Gasteiger partial charge in [-0.25, -0.2) is 14.6 Å². The van der Waals surface area contributed by atoms with Gasteiger partial charge in [0.1, 0.15) is 5.39 Å². The fourth-order valence-corrected chi connectivity index (χ4v) is 1.59. The SMILES string of the molecule is Cn1c(=O)oc(=O)c2cc(I)cnc21. The van der Waals surface area contributed by atoms with E-state index in [0.29, 0.717) is 11.0 Å². The lowest BCUT2D eigenvalue weighted by atomic mass is 10.3. The molecule has 0 radical (unpaired) electrons. The quantitative estimate of drug-likeness (QED) is 0.665. The zero-order chi connectivity index (χ0) is 10.3. The molecule has 2 aromatic heterocycles. The molecule has 5 nitrogen and oxygen atoms in total. The zero-order valence-electron chi connectivity index (χ0n) is 7.15. The number of pyridine rings is 1. The molecule has 14 heavy (non-hydrogen) atoms. The van der Waals surface area contributed by atoms with Crippen molar-refractivity contribution < 1.29 is 4.42 Å². The Hall–Kier alpha value is -1.18. The summed E-state index contributed by atoms with van der Waals surface area (Å²) in [5.74, 6) is -0.698. The van der Waals surface area contributed by atoms with Gasteiger partial charge in [-0.1, -0.05) is 0 Å². The first kappa shape index (κ1) is 9.38. The van der Waals surface area contributed by atoms with Crippen LogP contribution < -0.4 is 11.4 Å². The van der Waals surface area contributed by atoms with Crippen LogP contribution in [0.3, 0.4) is 0 Å². The van der Waals surface area contributed by atoms with Crippen molar-refractivity contribution in [3.05, 3.63) is 36.8 Å². The Labute approximate surface area is 91.5 Å². The maximum atomic E-state index is 11.3. The topological polar surface area (TPSA) is 65.1 Å². The van der Waals surface area contributed by atoms with E-state index in [4.69, 9.17) is 0 Å². The number of nitrogens with zero attached hydrogens (tertiary/aromatic N) is 2. The van der Waals surface area contributed by atoms with Crippen molar-refractivity contribution in [3.8, 4) is 0 Å². The molecule has 0 aliphatic heterocycles. The van der Waals surface area contributed by atoms with Crippen molar-refractivity contribution >= 4 is 33.6 Å². The van der Waals surface area contributed by atoms with Gasteiger partial charge in [0.15, 0.2) is 5.65 Å². The molecule has 0 amide bonds. The van der Waals surface area contributed by atoms with Crippen molar-refractivity contribution in [1.29, 1.82) is 0 Å². The predicted octanol–water partition coefficient (Wildman–Crippen LogP) is 0.491. The van der Waals surface area contributed by atoms with E-state index in [0.717, 1.165) is 3.57 Å². The fourth-order valence-electron chi connectivity index (χ4n) is 1.14. The van der Waals surface area contributed by atoms with E-state index in [1.807, 2.05) is 22.6 Å². The highest BCUT2D eigenvalue weighted by atomic mass is 127. The minimum atomic E-state index is -0.698. The van der Waals surface area contributed by atoms with Crippen LogP contribution in [0.5, 0.6) is 0 Å². The van der Waals surface area contributed by atoms with Gasteiger partial charge in [0.05, 0.1) is 0 Å². The Balaban J connectivity index is 3.10. The van der Waals surface area contributed by atoms with E-state index in [1.54, 1.807) is 12.3 Å². The van der Waals surface area contributed by atoms with Gasteiger partial charge < -0.3 is 4.42 Å². The lowest BCUT2D eigenvalue weighted by molar-refractivity contribution is 0.431. The first-order valence-corrected chi connectivity index (χ1v) is 4.83. The van der Waals surface area contributed by atoms with Crippen LogP contribution in [0.15, 0.2) is 26.3 Å². The highest BCUT2D eigenvalue weighted by molar-refractivity contribution is 14.1. The highest BCUT2D eigenvalue weighted by Crippen LogP contribution is 2.08. The Morgan fingerprint density at radius 2 is 2.21 bits per heavy atom. The van der Waals surface area contributed by atoms with Crippen LogP contribution in [0.2, 0.25) is 0 Å². The molecule has 0 unspecified atom stereocenters. The fraction of sp³-hybridized carbons (Fsp3) is 0.125. The van der Waals surface area contributed by atoms with E-state index >= 15 is 0 Å². The summed E-state index contributed by atoms with van der Waals surface area (Å²) in [7, 11) is 1.51. The molecule has 0 N–H and O–H groups in total. The summed E-state index contributed by atoms with van der Waals surface area (Å²) in [5.41, 5.74) is -0.305. The molecule has 0 aliphatic carbocycles. The Kier molecular flexibility index (Phi) is 2.14. The largest absolute Gasteiger partial charge is 0.423 e. The molecule has 2 heterocycles. The van der Waals surface area contributed by atoms with Gasteiger partial charge in [-0.3, -0.25) is 4.57 Å². The van der Waals surface area contributed by atoms with Crippen LogP contribution >= 0.6 is 22.6 Å². The molecule has 0 saturated heterocycles. The smallest absolute Gasteiger partial charge is 0.372 e. The summed E-state index contributed by atoms with van der Waals surface area (Å²) in [6.45, 7) is 0. The van der Waals surface area contributed by atoms with Crippen LogP contribution in [-0.4, -0.2) is 9.55 Å². The van der Waals surface area contributed by atoms with E-state index in [1.165, 1.54) is 11.6 Å². The van der Waals surface area contributed by atoms with Crippen LogP contribution in [0.25, 0.3) is 11.0 Å². The summed E-state index contributed by atoms with van der Waals surface area (Å²) in [5, 5.41) is 0.319.